The lowest BCUT2D eigenvalue weighted by Gasteiger charge is -2.06. The molecule has 0 aliphatic carbocycles. The van der Waals surface area contributed by atoms with Crippen LogP contribution in [0.4, 0.5) is 14.5 Å². The maximum atomic E-state index is 12.2. The predicted molar refractivity (Wildman–Crippen MR) is 51.7 cm³/mol. The van der Waals surface area contributed by atoms with Gasteiger partial charge >= 0.3 is 0 Å². The van der Waals surface area contributed by atoms with Crippen LogP contribution >= 0.6 is 22.3 Å². The quantitative estimate of drug-likeness (QED) is 0.664. The highest BCUT2D eigenvalue weighted by molar-refractivity contribution is 8.13. The fourth-order valence-corrected chi connectivity index (χ4v) is 2.09. The van der Waals surface area contributed by atoms with E-state index in [0.717, 1.165) is 0 Å². The van der Waals surface area contributed by atoms with Crippen LogP contribution in [0.3, 0.4) is 0 Å². The molecular weight excluding hydrogens is 273 g/mol. The summed E-state index contributed by atoms with van der Waals surface area (Å²) in [6.45, 7) is 0. The van der Waals surface area contributed by atoms with Gasteiger partial charge in [-0.3, -0.25) is 0 Å². The number of nitrogen functional groups attached to an aromatic ring is 1. The minimum atomic E-state index is -4.22. The van der Waals surface area contributed by atoms with Crippen molar-refractivity contribution in [3.8, 4) is 0 Å². The molecule has 0 aliphatic rings. The van der Waals surface area contributed by atoms with Crippen LogP contribution in [0, 0.1) is 0 Å². The summed E-state index contributed by atoms with van der Waals surface area (Å²) < 4.78 is 46.4. The third kappa shape index (κ3) is 2.67. The van der Waals surface area contributed by atoms with Crippen LogP contribution in [-0.4, -0.2) is 13.4 Å². The number of alkyl halides is 2. The molecule has 0 spiro atoms. The molecule has 0 aromatic carbocycles. The van der Waals surface area contributed by atoms with E-state index in [0.29, 0.717) is 6.07 Å². The van der Waals surface area contributed by atoms with Gasteiger partial charge in [-0.1, -0.05) is 11.6 Å². The molecule has 1 aromatic rings. The molecule has 0 saturated carbocycles. The van der Waals surface area contributed by atoms with Gasteiger partial charge < -0.3 is 5.73 Å². The maximum Gasteiger partial charge on any atom is 0.280 e. The highest BCUT2D eigenvalue weighted by Gasteiger charge is 2.21. The Bertz CT molecular complexity index is 492. The van der Waals surface area contributed by atoms with E-state index in [2.05, 4.69) is 4.98 Å². The number of hydrogen-bond acceptors (Lipinski definition) is 4. The van der Waals surface area contributed by atoms with E-state index in [1.807, 2.05) is 0 Å². The molecule has 0 saturated heterocycles. The Morgan fingerprint density at radius 3 is 2.40 bits per heavy atom. The summed E-state index contributed by atoms with van der Waals surface area (Å²) in [4.78, 5) is 2.55. The van der Waals surface area contributed by atoms with Crippen molar-refractivity contribution in [3.63, 3.8) is 0 Å². The zero-order valence-corrected chi connectivity index (χ0v) is 9.24. The van der Waals surface area contributed by atoms with Gasteiger partial charge in [-0.2, -0.15) is 0 Å². The first-order chi connectivity index (χ1) is 6.73. The van der Waals surface area contributed by atoms with Crippen molar-refractivity contribution in [3.05, 3.63) is 16.9 Å². The van der Waals surface area contributed by atoms with Crippen LogP contribution < -0.4 is 5.73 Å². The summed E-state index contributed by atoms with van der Waals surface area (Å²) in [7, 11) is 0.751. The Balaban J connectivity index is 3.52. The zero-order valence-electron chi connectivity index (χ0n) is 6.92. The highest BCUT2D eigenvalue weighted by Crippen LogP contribution is 2.31. The second-order valence-corrected chi connectivity index (χ2v) is 5.38. The van der Waals surface area contributed by atoms with E-state index >= 15 is 0 Å². The van der Waals surface area contributed by atoms with Crippen LogP contribution in [0.2, 0.25) is 5.15 Å². The summed E-state index contributed by atoms with van der Waals surface area (Å²) in [6, 6.07) is 0.591. The second-order valence-electron chi connectivity index (χ2n) is 2.49. The Morgan fingerprint density at radius 1 is 1.47 bits per heavy atom. The molecule has 0 unspecified atom stereocenters. The Hall–Kier alpha value is -0.660. The molecular formula is C6H4Cl2F2N2O2S. The van der Waals surface area contributed by atoms with Gasteiger partial charge in [0.15, 0.2) is 5.15 Å². The number of anilines is 1. The molecule has 0 amide bonds. The highest BCUT2D eigenvalue weighted by atomic mass is 35.7. The van der Waals surface area contributed by atoms with Gasteiger partial charge in [0.1, 0.15) is 10.6 Å². The molecule has 4 nitrogen and oxygen atoms in total. The van der Waals surface area contributed by atoms with Gasteiger partial charge in [0, 0.05) is 10.7 Å². The van der Waals surface area contributed by atoms with E-state index < -0.39 is 36.9 Å². The number of rotatable bonds is 2. The van der Waals surface area contributed by atoms with Crippen LogP contribution in [-0.2, 0) is 9.05 Å². The molecule has 1 rings (SSSR count). The molecule has 1 heterocycles. The molecule has 2 N–H and O–H groups in total. The van der Waals surface area contributed by atoms with E-state index in [-0.39, 0.29) is 0 Å². The third-order valence-corrected chi connectivity index (χ3v) is 3.13. The molecule has 0 aliphatic heterocycles. The van der Waals surface area contributed by atoms with Crippen LogP contribution in [0.1, 0.15) is 12.1 Å². The van der Waals surface area contributed by atoms with Crippen LogP contribution in [0.15, 0.2) is 11.0 Å². The topological polar surface area (TPSA) is 73.1 Å². The molecule has 1 aromatic heterocycles. The summed E-state index contributed by atoms with van der Waals surface area (Å²) in [5, 5.41) is -0.521. The first-order valence-corrected chi connectivity index (χ1v) is 6.11. The summed E-state index contributed by atoms with van der Waals surface area (Å²) in [5.74, 6) is 0. The largest absolute Gasteiger partial charge is 0.395 e. The summed E-state index contributed by atoms with van der Waals surface area (Å²) in [5.41, 5.74) is 3.99. The van der Waals surface area contributed by atoms with Crippen LogP contribution in [0.25, 0.3) is 0 Å². The van der Waals surface area contributed by atoms with Crippen LogP contribution in [0.5, 0.6) is 0 Å². The number of halogens is 4. The first-order valence-electron chi connectivity index (χ1n) is 3.42. The number of nitrogens with two attached hydrogens (primary N) is 1. The number of aromatic nitrogens is 1. The van der Waals surface area contributed by atoms with Gasteiger partial charge in [-0.25, -0.2) is 22.2 Å². The van der Waals surface area contributed by atoms with Crippen molar-refractivity contribution in [1.29, 1.82) is 0 Å². The van der Waals surface area contributed by atoms with E-state index in [1.165, 1.54) is 0 Å². The summed E-state index contributed by atoms with van der Waals surface area (Å²) >= 11 is 5.38. The molecule has 0 radical (unpaired) electrons. The van der Waals surface area contributed by atoms with Crippen molar-refractivity contribution in [2.45, 2.75) is 11.3 Å². The second kappa shape index (κ2) is 4.07. The average Bonchev–Trinajstić information content (AvgIpc) is 2.06. The lowest BCUT2D eigenvalue weighted by atomic mass is 10.3. The number of hydrogen-bond donors (Lipinski definition) is 1. The smallest absolute Gasteiger partial charge is 0.280 e. The van der Waals surface area contributed by atoms with Gasteiger partial charge in [0.25, 0.3) is 15.5 Å². The fraction of sp³-hybridized carbons (Fsp3) is 0.167. The van der Waals surface area contributed by atoms with Crippen molar-refractivity contribution < 1.29 is 17.2 Å². The zero-order chi connectivity index (χ0) is 11.8. The Kier molecular flexibility index (Phi) is 3.37. The normalized spacial score (nSPS) is 12.1. The molecule has 0 bridgehead atoms. The molecule has 15 heavy (non-hydrogen) atoms. The molecule has 0 atom stereocenters. The lowest BCUT2D eigenvalue weighted by Crippen LogP contribution is -2.03. The van der Waals surface area contributed by atoms with Crippen molar-refractivity contribution >= 4 is 37.0 Å². The molecule has 84 valence electrons. The SMILES string of the molecule is Nc1c(S(=O)(=O)Cl)cc(C(F)F)nc1Cl. The maximum absolute atomic E-state index is 12.2. The monoisotopic (exact) mass is 276 g/mol. The van der Waals surface area contributed by atoms with E-state index in [1.54, 1.807) is 0 Å². The Labute approximate surface area is 93.4 Å². The van der Waals surface area contributed by atoms with Gasteiger partial charge in [-0.15, -0.1) is 0 Å². The molecule has 9 heteroatoms. The average molecular weight is 277 g/mol. The number of nitrogens with zero attached hydrogens (tertiary/aromatic N) is 1. The summed E-state index contributed by atoms with van der Waals surface area (Å²) in [6.07, 6.45) is -2.96. The van der Waals surface area contributed by atoms with Crippen molar-refractivity contribution in [2.75, 3.05) is 5.73 Å². The van der Waals surface area contributed by atoms with Gasteiger partial charge in [0.05, 0.1) is 5.69 Å². The van der Waals surface area contributed by atoms with E-state index in [9.17, 15) is 17.2 Å². The fourth-order valence-electron chi connectivity index (χ4n) is 0.833. The minimum absolute atomic E-state index is 0.448. The molecule has 0 fully saturated rings. The standard InChI is InChI=1S/C6H4Cl2F2N2O2S/c7-5-4(11)3(15(8,13)14)1-2(12-5)6(9)10/h1,6H,11H2. The van der Waals surface area contributed by atoms with E-state index in [4.69, 9.17) is 28.0 Å². The van der Waals surface area contributed by atoms with Crippen molar-refractivity contribution in [1.82, 2.24) is 4.98 Å². The Morgan fingerprint density at radius 2 is 2.00 bits per heavy atom. The number of pyridine rings is 1. The third-order valence-electron chi connectivity index (χ3n) is 1.48. The predicted octanol–water partition coefficient (Wildman–Crippen LogP) is 2.18. The van der Waals surface area contributed by atoms with Crippen molar-refractivity contribution in [2.24, 2.45) is 0 Å². The van der Waals surface area contributed by atoms with Gasteiger partial charge in [-0.05, 0) is 6.07 Å². The minimum Gasteiger partial charge on any atom is -0.395 e. The first kappa shape index (κ1) is 12.4. The van der Waals surface area contributed by atoms with Gasteiger partial charge in [0.2, 0.25) is 0 Å². The lowest BCUT2D eigenvalue weighted by molar-refractivity contribution is 0.146.